The normalized spacial score (nSPS) is 12.2. The van der Waals surface area contributed by atoms with Gasteiger partial charge in [-0.25, -0.2) is 0 Å². The van der Waals surface area contributed by atoms with Crippen molar-refractivity contribution in [3.63, 3.8) is 0 Å². The molecule has 2 N–H and O–H groups in total. The van der Waals surface area contributed by atoms with Gasteiger partial charge >= 0.3 is 0 Å². The molecule has 0 saturated carbocycles. The van der Waals surface area contributed by atoms with Crippen LogP contribution in [0.2, 0.25) is 0 Å². The minimum absolute atomic E-state index is 0.0784. The zero-order chi connectivity index (χ0) is 13.4. The predicted octanol–water partition coefficient (Wildman–Crippen LogP) is 2.44. The number of aliphatic hydroxyl groups is 1. The van der Waals surface area contributed by atoms with Crippen molar-refractivity contribution in [2.45, 2.75) is 32.1 Å². The third kappa shape index (κ3) is 5.56. The maximum absolute atomic E-state index is 11.8. The standard InChI is InChI=1S/C14H21NO2S/c1-3-18-10-12-4-6-13(7-5-12)14(17)15-9-8-11(2)16/h4-7,11,16H,3,8-10H2,1-2H3,(H,15,17). The Morgan fingerprint density at radius 2 is 2.06 bits per heavy atom. The van der Waals surface area contributed by atoms with Crippen LogP contribution in [0.3, 0.4) is 0 Å². The van der Waals surface area contributed by atoms with Crippen molar-refractivity contribution in [2.75, 3.05) is 12.3 Å². The first kappa shape index (κ1) is 15.1. The average Bonchev–Trinajstić information content (AvgIpc) is 2.36. The van der Waals surface area contributed by atoms with Gasteiger partial charge in [0, 0.05) is 17.9 Å². The van der Waals surface area contributed by atoms with Crippen LogP contribution >= 0.6 is 11.8 Å². The molecule has 0 spiro atoms. The van der Waals surface area contributed by atoms with E-state index in [4.69, 9.17) is 5.11 Å². The van der Waals surface area contributed by atoms with Crippen LogP contribution in [0.5, 0.6) is 0 Å². The Kier molecular flexibility index (Phi) is 6.83. The summed E-state index contributed by atoms with van der Waals surface area (Å²) in [6, 6.07) is 7.69. The van der Waals surface area contributed by atoms with E-state index in [2.05, 4.69) is 12.2 Å². The van der Waals surface area contributed by atoms with Crippen LogP contribution in [0.4, 0.5) is 0 Å². The molecule has 100 valence electrons. The molecular formula is C14H21NO2S. The van der Waals surface area contributed by atoms with Gasteiger partial charge in [-0.05, 0) is 36.8 Å². The van der Waals surface area contributed by atoms with Gasteiger partial charge in [0.1, 0.15) is 0 Å². The van der Waals surface area contributed by atoms with Crippen molar-refractivity contribution >= 4 is 17.7 Å². The quantitative estimate of drug-likeness (QED) is 0.798. The third-order valence-corrected chi connectivity index (χ3v) is 3.48. The van der Waals surface area contributed by atoms with Crippen LogP contribution in [-0.2, 0) is 5.75 Å². The van der Waals surface area contributed by atoms with Crippen LogP contribution in [0, 0.1) is 0 Å². The molecule has 0 bridgehead atoms. The van der Waals surface area contributed by atoms with Crippen molar-refractivity contribution in [3.05, 3.63) is 35.4 Å². The molecule has 0 saturated heterocycles. The Morgan fingerprint density at radius 1 is 1.39 bits per heavy atom. The van der Waals surface area contributed by atoms with E-state index in [1.807, 2.05) is 36.0 Å². The fourth-order valence-electron chi connectivity index (χ4n) is 1.47. The first-order chi connectivity index (χ1) is 8.63. The van der Waals surface area contributed by atoms with E-state index in [9.17, 15) is 4.79 Å². The van der Waals surface area contributed by atoms with E-state index in [0.29, 0.717) is 18.5 Å². The van der Waals surface area contributed by atoms with Gasteiger partial charge in [0.25, 0.3) is 5.91 Å². The monoisotopic (exact) mass is 267 g/mol. The topological polar surface area (TPSA) is 49.3 Å². The molecule has 0 fully saturated rings. The molecule has 0 heterocycles. The maximum atomic E-state index is 11.8. The summed E-state index contributed by atoms with van der Waals surface area (Å²) in [6.45, 7) is 4.35. The van der Waals surface area contributed by atoms with Crippen LogP contribution in [0.15, 0.2) is 24.3 Å². The van der Waals surface area contributed by atoms with Crippen LogP contribution < -0.4 is 5.32 Å². The maximum Gasteiger partial charge on any atom is 0.251 e. The summed E-state index contributed by atoms with van der Waals surface area (Å²) in [5, 5.41) is 11.9. The van der Waals surface area contributed by atoms with Crippen LogP contribution in [-0.4, -0.2) is 29.4 Å². The molecule has 0 aliphatic carbocycles. The minimum atomic E-state index is -0.376. The summed E-state index contributed by atoms with van der Waals surface area (Å²) in [7, 11) is 0. The summed E-state index contributed by atoms with van der Waals surface area (Å²) >= 11 is 1.86. The molecule has 18 heavy (non-hydrogen) atoms. The highest BCUT2D eigenvalue weighted by atomic mass is 32.2. The highest BCUT2D eigenvalue weighted by Crippen LogP contribution is 2.12. The first-order valence-corrected chi connectivity index (χ1v) is 7.42. The molecule has 1 aromatic carbocycles. The van der Waals surface area contributed by atoms with Gasteiger partial charge in [-0.3, -0.25) is 4.79 Å². The van der Waals surface area contributed by atoms with Crippen molar-refractivity contribution in [1.29, 1.82) is 0 Å². The number of nitrogens with one attached hydrogen (secondary N) is 1. The molecule has 1 amide bonds. The molecule has 1 atom stereocenters. The summed E-state index contributed by atoms with van der Waals surface area (Å²) in [6.07, 6.45) is 0.204. The average molecular weight is 267 g/mol. The molecule has 4 heteroatoms. The van der Waals surface area contributed by atoms with E-state index in [0.717, 1.165) is 11.5 Å². The van der Waals surface area contributed by atoms with Crippen molar-refractivity contribution in [1.82, 2.24) is 5.32 Å². The van der Waals surface area contributed by atoms with Gasteiger partial charge in [0.05, 0.1) is 6.10 Å². The van der Waals surface area contributed by atoms with E-state index in [-0.39, 0.29) is 12.0 Å². The largest absolute Gasteiger partial charge is 0.393 e. The number of hydrogen-bond acceptors (Lipinski definition) is 3. The Labute approximate surface area is 113 Å². The molecule has 0 aliphatic rings. The number of hydrogen-bond donors (Lipinski definition) is 2. The number of rotatable bonds is 7. The summed E-state index contributed by atoms with van der Waals surface area (Å²) in [5.74, 6) is 2.01. The fraction of sp³-hybridized carbons (Fsp3) is 0.500. The van der Waals surface area contributed by atoms with Crippen molar-refractivity contribution < 1.29 is 9.90 Å². The Hall–Kier alpha value is -1.00. The lowest BCUT2D eigenvalue weighted by Gasteiger charge is -2.07. The summed E-state index contributed by atoms with van der Waals surface area (Å²) in [4.78, 5) is 11.8. The molecule has 0 radical (unpaired) electrons. The second-order valence-electron chi connectivity index (χ2n) is 4.23. The van der Waals surface area contributed by atoms with E-state index < -0.39 is 0 Å². The zero-order valence-corrected chi connectivity index (χ0v) is 11.8. The first-order valence-electron chi connectivity index (χ1n) is 6.26. The molecule has 1 rings (SSSR count). The van der Waals surface area contributed by atoms with E-state index >= 15 is 0 Å². The van der Waals surface area contributed by atoms with Crippen molar-refractivity contribution in [2.24, 2.45) is 0 Å². The number of carbonyl (C=O) groups excluding carboxylic acids is 1. The Morgan fingerprint density at radius 3 is 2.61 bits per heavy atom. The highest BCUT2D eigenvalue weighted by Gasteiger charge is 2.05. The van der Waals surface area contributed by atoms with E-state index in [1.165, 1.54) is 5.56 Å². The summed E-state index contributed by atoms with van der Waals surface area (Å²) < 4.78 is 0. The second kappa shape index (κ2) is 8.16. The van der Waals surface area contributed by atoms with Gasteiger partial charge in [0.15, 0.2) is 0 Å². The zero-order valence-electron chi connectivity index (χ0n) is 11.0. The predicted molar refractivity (Wildman–Crippen MR) is 76.9 cm³/mol. The summed E-state index contributed by atoms with van der Waals surface area (Å²) in [5.41, 5.74) is 1.91. The smallest absolute Gasteiger partial charge is 0.251 e. The molecule has 1 aromatic rings. The lowest BCUT2D eigenvalue weighted by atomic mass is 10.1. The number of aliphatic hydroxyl groups excluding tert-OH is 1. The number of thioether (sulfide) groups is 1. The van der Waals surface area contributed by atoms with Gasteiger partial charge in [-0.15, -0.1) is 0 Å². The SMILES string of the molecule is CCSCc1ccc(C(=O)NCCC(C)O)cc1. The Bertz CT molecular complexity index is 363. The third-order valence-electron chi connectivity index (χ3n) is 2.54. The van der Waals surface area contributed by atoms with Crippen LogP contribution in [0.1, 0.15) is 36.2 Å². The Balaban J connectivity index is 2.43. The number of benzene rings is 1. The second-order valence-corrected chi connectivity index (χ2v) is 5.50. The molecular weight excluding hydrogens is 246 g/mol. The number of carbonyl (C=O) groups is 1. The van der Waals surface area contributed by atoms with E-state index in [1.54, 1.807) is 6.92 Å². The number of amides is 1. The van der Waals surface area contributed by atoms with Gasteiger partial charge in [-0.1, -0.05) is 19.1 Å². The lowest BCUT2D eigenvalue weighted by molar-refractivity contribution is 0.0945. The molecule has 0 aromatic heterocycles. The minimum Gasteiger partial charge on any atom is -0.393 e. The van der Waals surface area contributed by atoms with Gasteiger partial charge < -0.3 is 10.4 Å². The fourth-order valence-corrected chi connectivity index (χ4v) is 2.10. The van der Waals surface area contributed by atoms with Gasteiger partial charge in [-0.2, -0.15) is 11.8 Å². The van der Waals surface area contributed by atoms with Crippen LogP contribution in [0.25, 0.3) is 0 Å². The molecule has 1 unspecified atom stereocenters. The van der Waals surface area contributed by atoms with Gasteiger partial charge in [0.2, 0.25) is 0 Å². The molecule has 3 nitrogen and oxygen atoms in total. The highest BCUT2D eigenvalue weighted by molar-refractivity contribution is 7.98. The lowest BCUT2D eigenvalue weighted by Crippen LogP contribution is -2.26. The van der Waals surface area contributed by atoms with Crippen molar-refractivity contribution in [3.8, 4) is 0 Å². The molecule has 0 aliphatic heterocycles.